The monoisotopic (exact) mass is 472 g/mol. The molecule has 5 heteroatoms. The second kappa shape index (κ2) is 10.8. The number of aryl methyl sites for hydroxylation is 1. The van der Waals surface area contributed by atoms with E-state index in [4.69, 9.17) is 4.42 Å². The molecule has 0 saturated carbocycles. The number of benzene rings is 3. The van der Waals surface area contributed by atoms with Crippen LogP contribution in [-0.4, -0.2) is 37.3 Å². The molecule has 2 aliphatic rings. The van der Waals surface area contributed by atoms with Gasteiger partial charge in [0.1, 0.15) is 24.4 Å². The molecule has 0 spiro atoms. The van der Waals surface area contributed by atoms with Crippen LogP contribution in [0.25, 0.3) is 33.4 Å². The van der Waals surface area contributed by atoms with Crippen LogP contribution in [0, 0.1) is 14.4 Å². The van der Waals surface area contributed by atoms with Gasteiger partial charge in [0.05, 0.1) is 11.6 Å². The fraction of sp³-hybridized carbons (Fsp3) is 0.300. The lowest BCUT2D eigenvalue weighted by Crippen LogP contribution is -2.29. The van der Waals surface area contributed by atoms with E-state index in [1.807, 2.05) is 19.1 Å². The molecule has 0 fully saturated rings. The van der Waals surface area contributed by atoms with Gasteiger partial charge in [-0.05, 0) is 64.4 Å². The van der Waals surface area contributed by atoms with Gasteiger partial charge in [0, 0.05) is 47.4 Å². The van der Waals surface area contributed by atoms with Crippen molar-refractivity contribution in [3.05, 3.63) is 78.5 Å². The van der Waals surface area contributed by atoms with Crippen molar-refractivity contribution in [1.82, 2.24) is 4.58 Å². The summed E-state index contributed by atoms with van der Waals surface area (Å²) in [6.45, 7) is 14.1. The maximum absolute atomic E-state index is 12.2. The van der Waals surface area contributed by atoms with E-state index in [-0.39, 0.29) is 7.43 Å². The highest BCUT2D eigenvalue weighted by Crippen LogP contribution is 2.42. The van der Waals surface area contributed by atoms with Gasteiger partial charge in [-0.25, -0.2) is 9.37 Å². The second-order valence-corrected chi connectivity index (χ2v) is 8.54. The van der Waals surface area contributed by atoms with Gasteiger partial charge < -0.3 is 21.9 Å². The van der Waals surface area contributed by atoms with Gasteiger partial charge in [-0.15, -0.1) is 0 Å². The molecule has 0 atom stereocenters. The summed E-state index contributed by atoms with van der Waals surface area (Å²) in [5, 5.41) is 12.0. The third kappa shape index (κ3) is 4.81. The second-order valence-electron chi connectivity index (χ2n) is 8.54. The van der Waals surface area contributed by atoms with Crippen molar-refractivity contribution >= 4 is 22.6 Å². The first-order chi connectivity index (χ1) is 16.4. The van der Waals surface area contributed by atoms with Crippen LogP contribution in [0.2, 0.25) is 0 Å². The van der Waals surface area contributed by atoms with E-state index >= 15 is 0 Å². The highest BCUT2D eigenvalue weighted by atomic mass is 16.4. The molecule has 0 aromatic heterocycles. The van der Waals surface area contributed by atoms with E-state index in [1.54, 1.807) is 6.07 Å². The van der Waals surface area contributed by atoms with Gasteiger partial charge in [0.2, 0.25) is 5.36 Å². The van der Waals surface area contributed by atoms with Crippen molar-refractivity contribution in [3.8, 4) is 22.5 Å². The number of carboxylic acid groups (broad SMARTS) is 1. The number of fused-ring (bicyclic) bond motifs is 2. The zero-order valence-corrected chi connectivity index (χ0v) is 21.7. The number of aromatic carboxylic acids is 1. The maximum Gasteiger partial charge on any atom is 0.336 e. The Bertz CT molecular complexity index is 1390. The Morgan fingerprint density at radius 2 is 1.60 bits per heavy atom. The summed E-state index contributed by atoms with van der Waals surface area (Å²) in [5.74, 6) is -0.180. The topological polar surface area (TPSA) is 56.7 Å². The van der Waals surface area contributed by atoms with E-state index in [9.17, 15) is 9.90 Å². The summed E-state index contributed by atoms with van der Waals surface area (Å²) >= 11 is 0. The molecule has 2 aromatic carbocycles. The Morgan fingerprint density at radius 3 is 2.23 bits per heavy atom. The molecule has 1 heterocycles. The highest BCUT2D eigenvalue weighted by molar-refractivity contribution is 6.07. The molecular weight excluding hydrogens is 436 g/mol. The Balaban J connectivity index is 0.00000342. The predicted molar refractivity (Wildman–Crippen MR) is 146 cm³/mol. The Morgan fingerprint density at radius 1 is 0.914 bits per heavy atom. The van der Waals surface area contributed by atoms with Gasteiger partial charge in [0.15, 0.2) is 0 Å². The minimum atomic E-state index is -0.930. The Kier molecular flexibility index (Phi) is 8.00. The smallest absolute Gasteiger partial charge is 0.336 e. The first-order valence-corrected chi connectivity index (χ1v) is 12.1. The van der Waals surface area contributed by atoms with Crippen LogP contribution in [0.1, 0.15) is 43.6 Å². The van der Waals surface area contributed by atoms with E-state index < -0.39 is 5.97 Å². The van der Waals surface area contributed by atoms with Gasteiger partial charge in [-0.2, -0.15) is 0 Å². The first-order valence-electron chi connectivity index (χ1n) is 12.1. The van der Waals surface area contributed by atoms with E-state index in [2.05, 4.69) is 73.6 Å². The number of carbonyl (C=O) groups is 1. The lowest BCUT2D eigenvalue weighted by molar-refractivity contribution is 0.0697. The van der Waals surface area contributed by atoms with Crippen molar-refractivity contribution in [2.45, 2.75) is 34.6 Å². The normalized spacial score (nSPS) is 10.9. The molecule has 0 radical (unpaired) electrons. The fourth-order valence-corrected chi connectivity index (χ4v) is 4.78. The highest BCUT2D eigenvalue weighted by Gasteiger charge is 2.22. The van der Waals surface area contributed by atoms with Crippen molar-refractivity contribution in [2.24, 2.45) is 0 Å². The number of hydrogen-bond donors (Lipinski definition) is 1. The fourth-order valence-electron chi connectivity index (χ4n) is 4.78. The molecule has 35 heavy (non-hydrogen) atoms. The van der Waals surface area contributed by atoms with Crippen LogP contribution in [-0.2, 0) is 0 Å². The lowest BCUT2D eigenvalue weighted by Gasteiger charge is -2.22. The molecule has 0 bridgehead atoms. The lowest BCUT2D eigenvalue weighted by atomic mass is 9.90. The van der Waals surface area contributed by atoms with E-state index in [0.29, 0.717) is 11.1 Å². The Labute approximate surface area is 208 Å². The molecule has 5 nitrogen and oxygen atoms in total. The quantitative estimate of drug-likeness (QED) is 0.194. The van der Waals surface area contributed by atoms with Gasteiger partial charge in [-0.1, -0.05) is 17.7 Å². The number of hydrogen-bond acceptors (Lipinski definition) is 3. The molecule has 0 saturated heterocycles. The van der Waals surface area contributed by atoms with Crippen molar-refractivity contribution in [2.75, 3.05) is 31.1 Å². The van der Waals surface area contributed by atoms with E-state index in [1.165, 1.54) is 0 Å². The molecule has 1 aliphatic carbocycles. The molecule has 1 aliphatic heterocycles. The summed E-state index contributed by atoms with van der Waals surface area (Å²) < 4.78 is 8.77. The zero-order valence-electron chi connectivity index (χ0n) is 21.7. The average molecular weight is 473 g/mol. The van der Waals surface area contributed by atoms with Crippen LogP contribution >= 0.6 is 0 Å². The van der Waals surface area contributed by atoms with Crippen molar-refractivity contribution < 1.29 is 14.3 Å². The predicted octanol–water partition coefficient (Wildman–Crippen LogP) is 6.32. The van der Waals surface area contributed by atoms with Crippen molar-refractivity contribution in [1.29, 1.82) is 0 Å². The third-order valence-corrected chi connectivity index (χ3v) is 6.62. The van der Waals surface area contributed by atoms with Crippen LogP contribution in [0.4, 0.5) is 5.69 Å². The average Bonchev–Trinajstić information content (AvgIpc) is 2.84. The molecule has 4 rings (SSSR count). The molecule has 2 aromatic rings. The number of rotatable bonds is 7. The van der Waals surface area contributed by atoms with Gasteiger partial charge >= 0.3 is 5.97 Å². The standard InChI is InChI=1S/C29H32N2O3.CH3/c1-6-30(7-2)20-11-14-23-26(17-20)34-27-18-21(31(8-3)9-4)12-15-24(27)28(23)22-13-10-19(5)16-25(22)29(32)33;/h10-18H,6-9H2,1-5H3;1H3/q;-1/p+1. The Hall–Kier alpha value is -3.60. The van der Waals surface area contributed by atoms with Crippen LogP contribution in [0.15, 0.2) is 59.0 Å². The molecule has 0 unspecified atom stereocenters. The van der Waals surface area contributed by atoms with Gasteiger partial charge in [0.25, 0.3) is 0 Å². The van der Waals surface area contributed by atoms with Crippen molar-refractivity contribution in [3.63, 3.8) is 0 Å². The number of anilines is 1. The number of nitrogens with zero attached hydrogens (tertiary/aromatic N) is 2. The van der Waals surface area contributed by atoms with Crippen LogP contribution < -0.4 is 14.8 Å². The van der Waals surface area contributed by atoms with Crippen LogP contribution in [0.3, 0.4) is 0 Å². The molecule has 184 valence electrons. The summed E-state index contributed by atoms with van der Waals surface area (Å²) in [7, 11) is 0. The summed E-state index contributed by atoms with van der Waals surface area (Å²) in [6, 6.07) is 18.1. The van der Waals surface area contributed by atoms with Crippen LogP contribution in [0.5, 0.6) is 0 Å². The summed E-state index contributed by atoms with van der Waals surface area (Å²) in [6.07, 6.45) is 0. The number of carboxylic acids is 1. The molecular formula is C30H36N2O3. The van der Waals surface area contributed by atoms with E-state index in [0.717, 1.165) is 70.6 Å². The molecule has 0 amide bonds. The maximum atomic E-state index is 12.2. The summed E-state index contributed by atoms with van der Waals surface area (Å²) in [4.78, 5) is 14.5. The molecule has 1 N–H and O–H groups in total. The minimum absolute atomic E-state index is 0. The SMILES string of the molecule is CCN(CC)c1ccc2c(-c3ccc(C)cc3C(=O)O)c3ccc(=[N+](CC)CC)cc-3oc2c1.[CH3-]. The van der Waals surface area contributed by atoms with Gasteiger partial charge in [-0.3, -0.25) is 0 Å². The first kappa shape index (κ1) is 26.0. The zero-order chi connectivity index (χ0) is 24.4. The minimum Gasteiger partial charge on any atom is -0.478 e. The summed E-state index contributed by atoms with van der Waals surface area (Å²) in [5.41, 5.74) is 5.57. The largest absolute Gasteiger partial charge is 0.478 e. The third-order valence-electron chi connectivity index (χ3n) is 6.62.